The Balaban J connectivity index is 1.37. The van der Waals surface area contributed by atoms with Crippen molar-refractivity contribution in [2.75, 3.05) is 17.4 Å². The number of sulfonamides is 1. The zero-order valence-electron chi connectivity index (χ0n) is 24.3. The first-order valence-electron chi connectivity index (χ1n) is 14.6. The normalized spacial score (nSPS) is 21.3. The summed E-state index contributed by atoms with van der Waals surface area (Å²) in [7, 11) is -4.10. The molecule has 1 fully saturated rings. The van der Waals surface area contributed by atoms with Crippen LogP contribution in [0.25, 0.3) is 5.69 Å². The Kier molecular flexibility index (Phi) is 8.70. The summed E-state index contributed by atoms with van der Waals surface area (Å²) in [5.74, 6) is -0.566. The van der Waals surface area contributed by atoms with Crippen LogP contribution in [-0.2, 0) is 27.9 Å². The van der Waals surface area contributed by atoms with Crippen molar-refractivity contribution >= 4 is 39.1 Å². The number of fused-ring (bicyclic) bond motifs is 7. The number of nitrogens with zero attached hydrogens (tertiary/aromatic N) is 4. The highest BCUT2D eigenvalue weighted by atomic mass is 35.5. The van der Waals surface area contributed by atoms with Crippen LogP contribution < -0.4 is 20.3 Å². The number of carbonyl (C=O) groups excluding carboxylic acids is 2. The van der Waals surface area contributed by atoms with Gasteiger partial charge in [-0.05, 0) is 86.0 Å². The minimum Gasteiger partial charge on any atom is -0.349 e. The summed E-state index contributed by atoms with van der Waals surface area (Å²) >= 11 is 6.10. The zero-order valence-corrected chi connectivity index (χ0v) is 25.9. The molecule has 6 rings (SSSR count). The van der Waals surface area contributed by atoms with Crippen molar-refractivity contribution in [2.24, 2.45) is 0 Å². The number of halogens is 1. The Morgan fingerprint density at radius 1 is 0.889 bits per heavy atom. The van der Waals surface area contributed by atoms with Gasteiger partial charge in [-0.1, -0.05) is 47.2 Å². The Morgan fingerprint density at radius 3 is 2.51 bits per heavy atom. The Bertz CT molecular complexity index is 1850. The molecule has 11 nitrogen and oxygen atoms in total. The van der Waals surface area contributed by atoms with E-state index in [-0.39, 0.29) is 36.0 Å². The van der Waals surface area contributed by atoms with Crippen LogP contribution in [0.3, 0.4) is 0 Å². The number of rotatable bonds is 1. The SMILES string of the molecule is O=C1NCc2cccc(c2)-n2cc(nn2)CNC(=O)C2(C/C=C/CN(c3ccc(Cl)cc3)S(=O)(=O)c3cccc1c3)CCCN2. The van der Waals surface area contributed by atoms with Crippen molar-refractivity contribution in [3.8, 4) is 5.69 Å². The lowest BCUT2D eigenvalue weighted by molar-refractivity contribution is -0.127. The number of benzene rings is 3. The molecule has 2 amide bonds. The molecule has 1 unspecified atom stereocenters. The molecule has 2 aliphatic rings. The monoisotopic (exact) mass is 645 g/mol. The maximum Gasteiger partial charge on any atom is 0.264 e. The average molecular weight is 646 g/mol. The molecule has 6 bridgehead atoms. The van der Waals surface area contributed by atoms with Crippen LogP contribution in [0.4, 0.5) is 5.69 Å². The fraction of sp³-hybridized carbons (Fsp3) is 0.250. The topological polar surface area (TPSA) is 138 Å². The second-order valence-corrected chi connectivity index (χ2v) is 13.3. The van der Waals surface area contributed by atoms with Crippen LogP contribution in [0.5, 0.6) is 0 Å². The Labute approximate surface area is 266 Å². The highest BCUT2D eigenvalue weighted by Gasteiger charge is 2.39. The molecule has 3 aromatic carbocycles. The predicted molar refractivity (Wildman–Crippen MR) is 171 cm³/mol. The standard InChI is InChI=1S/C32H32ClN7O4S/c33-25-10-12-27(13-11-25)40-17-2-1-14-32(15-5-16-36-32)31(42)35-21-26-22-39(38-37-26)28-8-3-6-23(18-28)20-34-30(41)24-7-4-9-29(19-24)45(40,43)44/h1-4,6-13,18-19,22,36H,5,14-17,20-21H2,(H,34,41)(H,35,42)/b2-1+. The number of anilines is 1. The molecule has 0 radical (unpaired) electrons. The molecule has 1 atom stereocenters. The van der Waals surface area contributed by atoms with Crippen LogP contribution in [0, 0.1) is 0 Å². The van der Waals surface area contributed by atoms with E-state index in [1.165, 1.54) is 16.4 Å². The molecule has 1 saturated heterocycles. The van der Waals surface area contributed by atoms with E-state index in [2.05, 4.69) is 26.3 Å². The van der Waals surface area contributed by atoms with Gasteiger partial charge in [-0.25, -0.2) is 13.1 Å². The second kappa shape index (κ2) is 12.8. The summed E-state index contributed by atoms with van der Waals surface area (Å²) < 4.78 is 31.0. The van der Waals surface area contributed by atoms with E-state index >= 15 is 0 Å². The van der Waals surface area contributed by atoms with Gasteiger partial charge in [-0.15, -0.1) is 5.10 Å². The summed E-state index contributed by atoms with van der Waals surface area (Å²) in [6.45, 7) is 1.10. The van der Waals surface area contributed by atoms with E-state index in [1.807, 2.05) is 30.3 Å². The smallest absolute Gasteiger partial charge is 0.264 e. The van der Waals surface area contributed by atoms with E-state index in [1.54, 1.807) is 53.4 Å². The third kappa shape index (κ3) is 6.63. The molecule has 4 aromatic rings. The molecular weight excluding hydrogens is 614 g/mol. The van der Waals surface area contributed by atoms with Gasteiger partial charge >= 0.3 is 0 Å². The van der Waals surface area contributed by atoms with Crippen LogP contribution in [-0.4, -0.2) is 53.9 Å². The van der Waals surface area contributed by atoms with Crippen LogP contribution >= 0.6 is 11.6 Å². The quantitative estimate of drug-likeness (QED) is 0.268. The number of nitrogens with one attached hydrogen (secondary N) is 3. The van der Waals surface area contributed by atoms with Crippen molar-refractivity contribution in [3.05, 3.63) is 113 Å². The fourth-order valence-electron chi connectivity index (χ4n) is 5.54. The predicted octanol–water partition coefficient (Wildman–Crippen LogP) is 3.74. The van der Waals surface area contributed by atoms with E-state index in [0.717, 1.165) is 17.7 Å². The average Bonchev–Trinajstić information content (AvgIpc) is 3.74. The summed E-state index contributed by atoms with van der Waals surface area (Å²) in [5.41, 5.74) is 1.94. The van der Waals surface area contributed by atoms with Gasteiger partial charge in [0.2, 0.25) is 5.91 Å². The largest absolute Gasteiger partial charge is 0.349 e. The van der Waals surface area contributed by atoms with Crippen molar-refractivity contribution in [3.63, 3.8) is 0 Å². The summed E-state index contributed by atoms with van der Waals surface area (Å²) in [6, 6.07) is 19.9. The van der Waals surface area contributed by atoms with Crippen molar-refractivity contribution in [2.45, 2.75) is 42.8 Å². The Morgan fingerprint density at radius 2 is 1.71 bits per heavy atom. The lowest BCUT2D eigenvalue weighted by atomic mass is 9.92. The number of amides is 2. The highest BCUT2D eigenvalue weighted by Crippen LogP contribution is 2.27. The van der Waals surface area contributed by atoms with Crippen molar-refractivity contribution in [1.29, 1.82) is 0 Å². The molecule has 0 saturated carbocycles. The van der Waals surface area contributed by atoms with Crippen molar-refractivity contribution in [1.82, 2.24) is 30.9 Å². The first-order valence-corrected chi connectivity index (χ1v) is 16.4. The third-order valence-corrected chi connectivity index (χ3v) is 10.0. The van der Waals surface area contributed by atoms with Gasteiger partial charge in [0.15, 0.2) is 0 Å². The molecule has 1 spiro atoms. The molecule has 3 N–H and O–H groups in total. The van der Waals surface area contributed by atoms with Gasteiger partial charge in [-0.2, -0.15) is 0 Å². The van der Waals surface area contributed by atoms with Gasteiger partial charge in [0.05, 0.1) is 35.6 Å². The lowest BCUT2D eigenvalue weighted by Crippen LogP contribution is -2.53. The van der Waals surface area contributed by atoms with E-state index < -0.39 is 21.5 Å². The van der Waals surface area contributed by atoms with Crippen LogP contribution in [0.15, 0.2) is 96.0 Å². The lowest BCUT2D eigenvalue weighted by Gasteiger charge is -2.27. The maximum atomic E-state index is 14.0. The summed E-state index contributed by atoms with van der Waals surface area (Å²) in [6.07, 6.45) is 7.16. The van der Waals surface area contributed by atoms with Gasteiger partial charge in [0, 0.05) is 17.1 Å². The van der Waals surface area contributed by atoms with Gasteiger partial charge < -0.3 is 16.0 Å². The van der Waals surface area contributed by atoms with Gasteiger partial charge in [0.25, 0.3) is 15.9 Å². The number of hydrogen-bond acceptors (Lipinski definition) is 7. The highest BCUT2D eigenvalue weighted by molar-refractivity contribution is 7.92. The molecule has 3 heterocycles. The van der Waals surface area contributed by atoms with E-state index in [9.17, 15) is 18.0 Å². The van der Waals surface area contributed by atoms with Crippen LogP contribution in [0.1, 0.15) is 40.9 Å². The first kappa shape index (κ1) is 30.5. The molecule has 2 aliphatic heterocycles. The molecule has 45 heavy (non-hydrogen) atoms. The van der Waals surface area contributed by atoms with Crippen LogP contribution in [0.2, 0.25) is 5.02 Å². The van der Waals surface area contributed by atoms with E-state index in [0.29, 0.717) is 35.8 Å². The molecule has 232 valence electrons. The number of carbonyl (C=O) groups is 2. The first-order chi connectivity index (χ1) is 21.7. The number of hydrogen-bond donors (Lipinski definition) is 3. The summed E-state index contributed by atoms with van der Waals surface area (Å²) in [4.78, 5) is 26.6. The van der Waals surface area contributed by atoms with E-state index in [4.69, 9.17) is 11.6 Å². The third-order valence-electron chi connectivity index (χ3n) is 7.98. The fourth-order valence-corrected chi connectivity index (χ4v) is 7.12. The molecular formula is C32H32ClN7O4S. The van der Waals surface area contributed by atoms with Crippen molar-refractivity contribution < 1.29 is 18.0 Å². The zero-order chi connectivity index (χ0) is 31.4. The second-order valence-electron chi connectivity index (χ2n) is 11.0. The van der Waals surface area contributed by atoms with Gasteiger partial charge in [0.1, 0.15) is 11.2 Å². The Hall–Kier alpha value is -4.52. The van der Waals surface area contributed by atoms with Gasteiger partial charge in [-0.3, -0.25) is 13.9 Å². The summed E-state index contributed by atoms with van der Waals surface area (Å²) in [5, 5.41) is 18.2. The number of aromatic nitrogens is 3. The minimum absolute atomic E-state index is 0.00245. The molecule has 13 heteroatoms. The molecule has 0 aliphatic carbocycles. The molecule has 1 aromatic heterocycles. The minimum atomic E-state index is -4.10. The maximum absolute atomic E-state index is 14.0.